The van der Waals surface area contributed by atoms with E-state index < -0.39 is 5.82 Å². The lowest BCUT2D eigenvalue weighted by Crippen LogP contribution is -2.32. The van der Waals surface area contributed by atoms with E-state index in [1.165, 1.54) is 24.1 Å². The molecule has 158 valence electrons. The number of benzene rings is 2. The molecule has 0 atom stereocenters. The highest BCUT2D eigenvalue weighted by atomic mass is 19.1. The molecule has 0 unspecified atom stereocenters. The third-order valence-corrected chi connectivity index (χ3v) is 5.58. The largest absolute Gasteiger partial charge is 0.495 e. The summed E-state index contributed by atoms with van der Waals surface area (Å²) in [5.74, 6) is -0.555. The molecule has 0 aliphatic carbocycles. The molecule has 0 saturated carbocycles. The number of halogens is 1. The van der Waals surface area contributed by atoms with Crippen molar-refractivity contribution in [2.24, 2.45) is 0 Å². The van der Waals surface area contributed by atoms with E-state index in [1.54, 1.807) is 48.8 Å². The molecule has 2 amide bonds. The summed E-state index contributed by atoms with van der Waals surface area (Å²) >= 11 is 0. The van der Waals surface area contributed by atoms with E-state index in [-0.39, 0.29) is 18.4 Å². The third-order valence-electron chi connectivity index (χ3n) is 5.58. The van der Waals surface area contributed by atoms with Gasteiger partial charge in [0.15, 0.2) is 0 Å². The summed E-state index contributed by atoms with van der Waals surface area (Å²) in [4.78, 5) is 35.7. The molecule has 1 aliphatic rings. The first kappa shape index (κ1) is 19.8. The van der Waals surface area contributed by atoms with Crippen LogP contribution < -0.4 is 4.74 Å². The fourth-order valence-electron chi connectivity index (χ4n) is 4.12. The van der Waals surface area contributed by atoms with Gasteiger partial charge in [0.05, 0.1) is 29.4 Å². The molecule has 0 bridgehead atoms. The first-order valence-corrected chi connectivity index (χ1v) is 10.1. The summed E-state index contributed by atoms with van der Waals surface area (Å²) in [5.41, 5.74) is 3.42. The predicted octanol–water partition coefficient (Wildman–Crippen LogP) is 4.28. The number of carbonyl (C=O) groups excluding carboxylic acids is 2. The van der Waals surface area contributed by atoms with Crippen molar-refractivity contribution in [3.63, 3.8) is 0 Å². The highest BCUT2D eigenvalue weighted by molar-refractivity contribution is 6.21. The number of hydrogen-bond donors (Lipinski definition) is 0. The molecular weight excluding hydrogens is 409 g/mol. The lowest BCUT2D eigenvalue weighted by molar-refractivity contribution is 0.0656. The van der Waals surface area contributed by atoms with E-state index in [0.717, 1.165) is 5.56 Å². The summed E-state index contributed by atoms with van der Waals surface area (Å²) in [6, 6.07) is 14.8. The van der Waals surface area contributed by atoms with E-state index in [0.29, 0.717) is 45.5 Å². The number of ether oxygens (including phenoxy) is 1. The Labute approximate surface area is 183 Å². The van der Waals surface area contributed by atoms with Crippen LogP contribution >= 0.6 is 0 Å². The second-order valence-electron chi connectivity index (χ2n) is 7.43. The highest BCUT2D eigenvalue weighted by Crippen LogP contribution is 2.38. The maximum atomic E-state index is 14.0. The minimum absolute atomic E-state index is 0.155. The van der Waals surface area contributed by atoms with Gasteiger partial charge in [-0.25, -0.2) is 4.39 Å². The van der Waals surface area contributed by atoms with Crippen LogP contribution in [0.2, 0.25) is 0 Å². The lowest BCUT2D eigenvalue weighted by Gasteiger charge is -2.18. The van der Waals surface area contributed by atoms with Gasteiger partial charge in [-0.15, -0.1) is 0 Å². The fourth-order valence-corrected chi connectivity index (χ4v) is 4.12. The number of rotatable bonds is 5. The third kappa shape index (κ3) is 3.19. The van der Waals surface area contributed by atoms with Gasteiger partial charge in [0, 0.05) is 41.9 Å². The summed E-state index contributed by atoms with van der Waals surface area (Å²) in [7, 11) is 1.52. The van der Waals surface area contributed by atoms with Crippen LogP contribution in [0.15, 0.2) is 67.0 Å². The minimum Gasteiger partial charge on any atom is -0.495 e. The Hall–Kier alpha value is -4.13. The number of fused-ring (bicyclic) bond motifs is 2. The quantitative estimate of drug-likeness (QED) is 0.445. The van der Waals surface area contributed by atoms with Gasteiger partial charge in [-0.3, -0.25) is 24.5 Å². The van der Waals surface area contributed by atoms with E-state index >= 15 is 0 Å². The molecule has 2 aromatic heterocycles. The molecule has 0 N–H and O–H groups in total. The highest BCUT2D eigenvalue weighted by Gasteiger charge is 2.35. The number of aromatic nitrogens is 2. The Morgan fingerprint density at radius 2 is 1.75 bits per heavy atom. The van der Waals surface area contributed by atoms with Crippen molar-refractivity contribution in [2.45, 2.75) is 6.42 Å². The molecule has 3 heterocycles. The van der Waals surface area contributed by atoms with Crippen molar-refractivity contribution in [2.75, 3.05) is 13.7 Å². The molecule has 2 aromatic carbocycles. The second kappa shape index (κ2) is 7.85. The van der Waals surface area contributed by atoms with Gasteiger partial charge in [0.2, 0.25) is 0 Å². The predicted molar refractivity (Wildman–Crippen MR) is 117 cm³/mol. The standard InChI is InChI=1S/C25H18FN3O3/c1-32-23-19-13-16(26)8-9-20(19)28-21(22(23)15-5-4-11-27-14-15)10-12-29-24(30)17-6-2-3-7-18(17)25(29)31/h2-9,11,13-14H,10,12H2,1H3. The smallest absolute Gasteiger partial charge is 0.261 e. The van der Waals surface area contributed by atoms with Crippen LogP contribution in [0.25, 0.3) is 22.0 Å². The van der Waals surface area contributed by atoms with Gasteiger partial charge >= 0.3 is 0 Å². The summed E-state index contributed by atoms with van der Waals surface area (Å²) in [5, 5.41) is 0.538. The zero-order chi connectivity index (χ0) is 22.2. The molecule has 0 radical (unpaired) electrons. The van der Waals surface area contributed by atoms with Gasteiger partial charge in [-0.1, -0.05) is 18.2 Å². The van der Waals surface area contributed by atoms with Crippen LogP contribution in [0, 0.1) is 5.82 Å². The van der Waals surface area contributed by atoms with E-state index in [4.69, 9.17) is 9.72 Å². The van der Waals surface area contributed by atoms with Crippen LogP contribution in [0.5, 0.6) is 5.75 Å². The average Bonchev–Trinajstić information content (AvgIpc) is 3.07. The maximum absolute atomic E-state index is 14.0. The molecule has 4 aromatic rings. The Morgan fingerprint density at radius 3 is 2.41 bits per heavy atom. The Bertz CT molecular complexity index is 1340. The van der Waals surface area contributed by atoms with E-state index in [2.05, 4.69) is 4.98 Å². The number of amides is 2. The van der Waals surface area contributed by atoms with Crippen LogP contribution in [-0.2, 0) is 6.42 Å². The minimum atomic E-state index is -0.395. The summed E-state index contributed by atoms with van der Waals surface area (Å²) < 4.78 is 19.7. The first-order valence-electron chi connectivity index (χ1n) is 10.1. The number of imide groups is 1. The zero-order valence-corrected chi connectivity index (χ0v) is 17.2. The number of carbonyl (C=O) groups is 2. The first-order chi connectivity index (χ1) is 15.6. The topological polar surface area (TPSA) is 72.4 Å². The molecule has 7 heteroatoms. The molecule has 6 nitrogen and oxygen atoms in total. The van der Waals surface area contributed by atoms with Crippen LogP contribution in [0.4, 0.5) is 4.39 Å². The number of pyridine rings is 2. The van der Waals surface area contributed by atoms with Gasteiger partial charge in [0.1, 0.15) is 11.6 Å². The fraction of sp³-hybridized carbons (Fsp3) is 0.120. The monoisotopic (exact) mass is 427 g/mol. The lowest BCUT2D eigenvalue weighted by atomic mass is 9.99. The van der Waals surface area contributed by atoms with Gasteiger partial charge in [-0.2, -0.15) is 0 Å². The number of nitrogens with zero attached hydrogens (tertiary/aromatic N) is 3. The van der Waals surface area contributed by atoms with Gasteiger partial charge in [-0.05, 0) is 36.4 Å². The second-order valence-corrected chi connectivity index (χ2v) is 7.43. The van der Waals surface area contributed by atoms with Crippen molar-refractivity contribution >= 4 is 22.7 Å². The molecule has 0 saturated heterocycles. The summed E-state index contributed by atoms with van der Waals surface area (Å²) in [6.45, 7) is 0.155. The average molecular weight is 427 g/mol. The van der Waals surface area contributed by atoms with Crippen molar-refractivity contribution in [1.82, 2.24) is 14.9 Å². The van der Waals surface area contributed by atoms with Crippen molar-refractivity contribution in [3.8, 4) is 16.9 Å². The Morgan fingerprint density at radius 1 is 1.00 bits per heavy atom. The van der Waals surface area contributed by atoms with Crippen LogP contribution in [0.1, 0.15) is 26.4 Å². The van der Waals surface area contributed by atoms with Crippen molar-refractivity contribution in [1.29, 1.82) is 0 Å². The molecular formula is C25H18FN3O3. The van der Waals surface area contributed by atoms with Gasteiger partial charge in [0.25, 0.3) is 11.8 Å². The number of methoxy groups -OCH3 is 1. The normalized spacial score (nSPS) is 13.0. The molecule has 0 spiro atoms. The number of hydrogen-bond acceptors (Lipinski definition) is 5. The molecule has 32 heavy (non-hydrogen) atoms. The van der Waals surface area contributed by atoms with E-state index in [9.17, 15) is 14.0 Å². The molecule has 1 aliphatic heterocycles. The Balaban J connectivity index is 1.59. The van der Waals surface area contributed by atoms with Crippen molar-refractivity contribution < 1.29 is 18.7 Å². The van der Waals surface area contributed by atoms with Crippen LogP contribution in [-0.4, -0.2) is 40.3 Å². The maximum Gasteiger partial charge on any atom is 0.261 e. The van der Waals surface area contributed by atoms with Gasteiger partial charge < -0.3 is 4.74 Å². The SMILES string of the molecule is COc1c(-c2cccnc2)c(CCN2C(=O)c3ccccc3C2=O)nc2ccc(F)cc12. The Kier molecular flexibility index (Phi) is 4.86. The molecule has 5 rings (SSSR count). The van der Waals surface area contributed by atoms with E-state index in [1.807, 2.05) is 6.07 Å². The van der Waals surface area contributed by atoms with Crippen molar-refractivity contribution in [3.05, 3.63) is 89.6 Å². The van der Waals surface area contributed by atoms with Crippen LogP contribution in [0.3, 0.4) is 0 Å². The zero-order valence-electron chi connectivity index (χ0n) is 17.2. The summed E-state index contributed by atoms with van der Waals surface area (Å²) in [6.07, 6.45) is 3.64. The molecule has 0 fully saturated rings.